The van der Waals surface area contributed by atoms with Crippen LogP contribution in [0.5, 0.6) is 0 Å². The van der Waals surface area contributed by atoms with Gasteiger partial charge in [0, 0.05) is 25.6 Å². The quantitative estimate of drug-likeness (QED) is 0.298. The zero-order valence-electron chi connectivity index (χ0n) is 17.4. The summed E-state index contributed by atoms with van der Waals surface area (Å²) < 4.78 is 20.7. The van der Waals surface area contributed by atoms with Gasteiger partial charge in [0.05, 0.1) is 33.0 Å². The van der Waals surface area contributed by atoms with Crippen molar-refractivity contribution in [2.45, 2.75) is 33.6 Å². The zero-order valence-corrected chi connectivity index (χ0v) is 17.4. The number of nitrogens with one attached hydrogen (secondary N) is 2. The third kappa shape index (κ3) is 17.8. The molecular weight excluding hydrogens is 368 g/mol. The molecule has 164 valence electrons. The molecule has 2 N–H and O–H groups in total. The number of hydrogen-bond acceptors (Lipinski definition) is 7. The van der Waals surface area contributed by atoms with E-state index in [0.29, 0.717) is 52.7 Å². The molecule has 0 saturated heterocycles. The lowest BCUT2D eigenvalue weighted by molar-refractivity contribution is -0.127. The Morgan fingerprint density at radius 2 is 1.32 bits per heavy atom. The Morgan fingerprint density at radius 1 is 0.786 bits per heavy atom. The SMILES string of the molecule is CCOCCOCC(=O)NCCOCCOCC(=O)NCCC[C@H](C)C(C)=O. The summed E-state index contributed by atoms with van der Waals surface area (Å²) >= 11 is 0. The summed E-state index contributed by atoms with van der Waals surface area (Å²) in [7, 11) is 0. The highest BCUT2D eigenvalue weighted by Gasteiger charge is 2.07. The Balaban J connectivity index is 3.35. The van der Waals surface area contributed by atoms with Gasteiger partial charge in [-0.05, 0) is 26.7 Å². The van der Waals surface area contributed by atoms with Crippen LogP contribution >= 0.6 is 0 Å². The summed E-state index contributed by atoms with van der Waals surface area (Å²) in [5.41, 5.74) is 0. The first-order valence-electron chi connectivity index (χ1n) is 9.82. The monoisotopic (exact) mass is 404 g/mol. The number of amides is 2. The number of Topliss-reactive ketones (excluding diaryl/α,β-unsaturated/α-hetero) is 1. The standard InChI is InChI=1S/C19H36N2O7/c1-4-25-10-12-27-15-19(24)21-8-9-26-11-13-28-14-18(23)20-7-5-6-16(2)17(3)22/h16H,4-15H2,1-3H3,(H,20,23)(H,21,24)/t16-/m0/s1. The molecule has 2 amide bonds. The van der Waals surface area contributed by atoms with Crippen molar-refractivity contribution in [3.63, 3.8) is 0 Å². The van der Waals surface area contributed by atoms with Crippen molar-refractivity contribution in [2.24, 2.45) is 5.92 Å². The molecule has 1 atom stereocenters. The fraction of sp³-hybridized carbons (Fsp3) is 0.842. The molecule has 0 aromatic rings. The van der Waals surface area contributed by atoms with Gasteiger partial charge in [-0.1, -0.05) is 6.92 Å². The first-order chi connectivity index (χ1) is 13.5. The minimum absolute atomic E-state index is 0.00103. The molecule has 28 heavy (non-hydrogen) atoms. The maximum atomic E-state index is 11.6. The first kappa shape index (κ1) is 26.4. The maximum Gasteiger partial charge on any atom is 0.246 e. The number of carbonyl (C=O) groups excluding carboxylic acids is 3. The Morgan fingerprint density at radius 3 is 1.89 bits per heavy atom. The normalized spacial score (nSPS) is 11.8. The number of ether oxygens (including phenoxy) is 4. The van der Waals surface area contributed by atoms with Crippen molar-refractivity contribution in [1.82, 2.24) is 10.6 Å². The van der Waals surface area contributed by atoms with Crippen LogP contribution in [0.2, 0.25) is 0 Å². The van der Waals surface area contributed by atoms with Gasteiger partial charge in [-0.15, -0.1) is 0 Å². The number of hydrogen-bond donors (Lipinski definition) is 2. The molecule has 9 heteroatoms. The summed E-state index contributed by atoms with van der Waals surface area (Å²) in [4.78, 5) is 34.1. The highest BCUT2D eigenvalue weighted by atomic mass is 16.5. The molecule has 0 aliphatic heterocycles. The van der Waals surface area contributed by atoms with E-state index >= 15 is 0 Å². The minimum Gasteiger partial charge on any atom is -0.379 e. The lowest BCUT2D eigenvalue weighted by atomic mass is 10.0. The van der Waals surface area contributed by atoms with Crippen molar-refractivity contribution < 1.29 is 33.3 Å². The number of carbonyl (C=O) groups is 3. The molecule has 0 aromatic carbocycles. The molecule has 0 heterocycles. The van der Waals surface area contributed by atoms with E-state index < -0.39 is 0 Å². The predicted molar refractivity (Wildman–Crippen MR) is 104 cm³/mol. The molecule has 0 rings (SSSR count). The Hall–Kier alpha value is -1.55. The maximum absolute atomic E-state index is 11.6. The van der Waals surface area contributed by atoms with Crippen molar-refractivity contribution >= 4 is 17.6 Å². The van der Waals surface area contributed by atoms with Crippen LogP contribution < -0.4 is 10.6 Å². The van der Waals surface area contributed by atoms with E-state index in [-0.39, 0.29) is 36.7 Å². The highest BCUT2D eigenvalue weighted by Crippen LogP contribution is 2.05. The molecular formula is C19H36N2O7. The van der Waals surface area contributed by atoms with Crippen LogP contribution in [0.15, 0.2) is 0 Å². The van der Waals surface area contributed by atoms with Crippen LogP contribution in [0.1, 0.15) is 33.6 Å². The van der Waals surface area contributed by atoms with Gasteiger partial charge in [-0.25, -0.2) is 0 Å². The molecule has 0 aliphatic carbocycles. The van der Waals surface area contributed by atoms with E-state index in [0.717, 1.165) is 12.8 Å². The van der Waals surface area contributed by atoms with Gasteiger partial charge in [-0.2, -0.15) is 0 Å². The van der Waals surface area contributed by atoms with E-state index in [1.165, 1.54) is 0 Å². The summed E-state index contributed by atoms with van der Waals surface area (Å²) in [6.07, 6.45) is 1.53. The zero-order chi connectivity index (χ0) is 21.0. The van der Waals surface area contributed by atoms with Crippen LogP contribution in [0, 0.1) is 5.92 Å². The van der Waals surface area contributed by atoms with Crippen molar-refractivity contribution in [3.05, 3.63) is 0 Å². The lowest BCUT2D eigenvalue weighted by Crippen LogP contribution is -2.31. The summed E-state index contributed by atoms with van der Waals surface area (Å²) in [5, 5.41) is 5.42. The Kier molecular flexibility index (Phi) is 17.8. The van der Waals surface area contributed by atoms with Crippen molar-refractivity contribution in [2.75, 3.05) is 65.9 Å². The van der Waals surface area contributed by atoms with E-state index in [1.54, 1.807) is 6.92 Å². The second kappa shape index (κ2) is 18.8. The molecule has 0 spiro atoms. The second-order valence-electron chi connectivity index (χ2n) is 6.27. The van der Waals surface area contributed by atoms with Gasteiger partial charge < -0.3 is 29.6 Å². The van der Waals surface area contributed by atoms with Gasteiger partial charge in [0.1, 0.15) is 19.0 Å². The molecule has 0 unspecified atom stereocenters. The first-order valence-corrected chi connectivity index (χ1v) is 9.82. The summed E-state index contributed by atoms with van der Waals surface area (Å²) in [6.45, 7) is 8.73. The van der Waals surface area contributed by atoms with Crippen molar-refractivity contribution in [1.29, 1.82) is 0 Å². The molecule has 0 bridgehead atoms. The third-order valence-electron chi connectivity index (χ3n) is 3.81. The van der Waals surface area contributed by atoms with E-state index in [4.69, 9.17) is 18.9 Å². The van der Waals surface area contributed by atoms with Crippen molar-refractivity contribution in [3.8, 4) is 0 Å². The molecule has 0 aliphatic rings. The lowest BCUT2D eigenvalue weighted by Gasteiger charge is -2.09. The van der Waals surface area contributed by atoms with Gasteiger partial charge in [0.25, 0.3) is 0 Å². The van der Waals surface area contributed by atoms with Gasteiger partial charge in [-0.3, -0.25) is 14.4 Å². The number of ketones is 1. The van der Waals surface area contributed by atoms with Gasteiger partial charge >= 0.3 is 0 Å². The highest BCUT2D eigenvalue weighted by molar-refractivity contribution is 5.78. The number of rotatable bonds is 19. The van der Waals surface area contributed by atoms with Gasteiger partial charge in [0.15, 0.2) is 0 Å². The van der Waals surface area contributed by atoms with E-state index in [9.17, 15) is 14.4 Å². The van der Waals surface area contributed by atoms with Crippen LogP contribution in [0.4, 0.5) is 0 Å². The molecule has 0 fully saturated rings. The summed E-state index contributed by atoms with van der Waals surface area (Å²) in [6, 6.07) is 0. The third-order valence-corrected chi connectivity index (χ3v) is 3.81. The molecule has 0 radical (unpaired) electrons. The van der Waals surface area contributed by atoms with Gasteiger partial charge in [0.2, 0.25) is 11.8 Å². The fourth-order valence-corrected chi connectivity index (χ4v) is 2.02. The van der Waals surface area contributed by atoms with E-state index in [2.05, 4.69) is 10.6 Å². The van der Waals surface area contributed by atoms with Crippen LogP contribution in [0.3, 0.4) is 0 Å². The molecule has 0 aromatic heterocycles. The topological polar surface area (TPSA) is 112 Å². The largest absolute Gasteiger partial charge is 0.379 e. The van der Waals surface area contributed by atoms with E-state index in [1.807, 2.05) is 13.8 Å². The average Bonchev–Trinajstić information content (AvgIpc) is 2.66. The van der Waals surface area contributed by atoms with Crippen LogP contribution in [-0.2, 0) is 33.3 Å². The summed E-state index contributed by atoms with van der Waals surface area (Å²) in [5.74, 6) is -0.194. The minimum atomic E-state index is -0.203. The second-order valence-corrected chi connectivity index (χ2v) is 6.27. The van der Waals surface area contributed by atoms with Crippen LogP contribution in [0.25, 0.3) is 0 Å². The fourth-order valence-electron chi connectivity index (χ4n) is 2.02. The Labute approximate surface area is 167 Å². The van der Waals surface area contributed by atoms with Crippen LogP contribution in [-0.4, -0.2) is 83.5 Å². The molecule has 9 nitrogen and oxygen atoms in total. The molecule has 0 saturated carbocycles. The Bertz CT molecular complexity index is 433. The predicted octanol–water partition coefficient (Wildman–Crippen LogP) is 0.310. The average molecular weight is 405 g/mol. The smallest absolute Gasteiger partial charge is 0.246 e.